The Hall–Kier alpha value is -3.67. The van der Waals surface area contributed by atoms with Gasteiger partial charge in [0, 0.05) is 23.1 Å². The first-order valence-corrected chi connectivity index (χ1v) is 9.81. The third-order valence-corrected chi connectivity index (χ3v) is 5.62. The van der Waals surface area contributed by atoms with Crippen molar-refractivity contribution in [3.63, 3.8) is 0 Å². The second kappa shape index (κ2) is 7.30. The number of benzene rings is 3. The van der Waals surface area contributed by atoms with Gasteiger partial charge in [-0.1, -0.05) is 24.3 Å². The van der Waals surface area contributed by atoms with Crippen LogP contribution in [0, 0.1) is 0 Å². The molecule has 2 atom stereocenters. The molecule has 6 heteroatoms. The fourth-order valence-electron chi connectivity index (χ4n) is 4.11. The van der Waals surface area contributed by atoms with Gasteiger partial charge in [0.05, 0.1) is 26.0 Å². The molecule has 6 nitrogen and oxygen atoms in total. The number of hydrogen-bond acceptors (Lipinski definition) is 6. The van der Waals surface area contributed by atoms with Gasteiger partial charge in [-0.05, 0) is 42.5 Å². The van der Waals surface area contributed by atoms with Gasteiger partial charge < -0.3 is 19.3 Å². The maximum absolute atomic E-state index is 10.4. The van der Waals surface area contributed by atoms with E-state index >= 15 is 0 Å². The highest BCUT2D eigenvalue weighted by molar-refractivity contribution is 6.04. The lowest BCUT2D eigenvalue weighted by molar-refractivity contribution is -0.0209. The number of fused-ring (bicyclic) bond motifs is 3. The molecule has 2 aliphatic rings. The zero-order chi connectivity index (χ0) is 20.7. The summed E-state index contributed by atoms with van der Waals surface area (Å²) in [5, 5.41) is 17.2. The second-order valence-corrected chi connectivity index (χ2v) is 7.29. The molecule has 152 valence electrons. The Morgan fingerprint density at radius 1 is 0.967 bits per heavy atom. The maximum atomic E-state index is 10.4. The van der Waals surface area contributed by atoms with Crippen LogP contribution in [0.5, 0.6) is 23.0 Å². The molecule has 0 saturated heterocycles. The van der Waals surface area contributed by atoms with Crippen molar-refractivity contribution in [1.29, 1.82) is 0 Å². The van der Waals surface area contributed by atoms with Crippen LogP contribution in [-0.2, 0) is 0 Å². The van der Waals surface area contributed by atoms with Crippen molar-refractivity contribution in [3.8, 4) is 23.0 Å². The molecule has 0 unspecified atom stereocenters. The van der Waals surface area contributed by atoms with Crippen LogP contribution in [0.25, 0.3) is 0 Å². The molecule has 1 N–H and O–H groups in total. The molecule has 0 aliphatic carbocycles. The third-order valence-electron chi connectivity index (χ3n) is 5.62. The quantitative estimate of drug-likeness (QED) is 0.688. The molecule has 3 aromatic rings. The van der Waals surface area contributed by atoms with E-state index in [2.05, 4.69) is 0 Å². The minimum Gasteiger partial charge on any atom is -0.507 e. The van der Waals surface area contributed by atoms with Crippen molar-refractivity contribution in [3.05, 3.63) is 83.4 Å². The van der Waals surface area contributed by atoms with Crippen molar-refractivity contribution in [1.82, 2.24) is 5.01 Å². The van der Waals surface area contributed by atoms with E-state index in [1.165, 1.54) is 0 Å². The molecule has 0 spiro atoms. The Morgan fingerprint density at radius 3 is 2.50 bits per heavy atom. The summed E-state index contributed by atoms with van der Waals surface area (Å²) in [5.41, 5.74) is 3.55. The molecule has 30 heavy (non-hydrogen) atoms. The molecular formula is C24H22N2O4. The zero-order valence-corrected chi connectivity index (χ0v) is 16.8. The number of phenolic OH excluding ortho intramolecular Hbond substituents is 1. The van der Waals surface area contributed by atoms with E-state index < -0.39 is 6.23 Å². The Morgan fingerprint density at radius 2 is 1.77 bits per heavy atom. The topological polar surface area (TPSA) is 63.5 Å². The average molecular weight is 402 g/mol. The van der Waals surface area contributed by atoms with E-state index in [4.69, 9.17) is 19.3 Å². The van der Waals surface area contributed by atoms with Crippen LogP contribution in [0.1, 0.15) is 35.4 Å². The minimum atomic E-state index is -0.423. The summed E-state index contributed by atoms with van der Waals surface area (Å²) in [5.74, 6) is 2.44. The normalized spacial score (nSPS) is 19.4. The number of phenols is 1. The predicted octanol–water partition coefficient (Wildman–Crippen LogP) is 4.65. The Kier molecular flexibility index (Phi) is 4.47. The number of para-hydroxylation sites is 2. The van der Waals surface area contributed by atoms with Crippen molar-refractivity contribution < 1.29 is 19.3 Å². The lowest BCUT2D eigenvalue weighted by Gasteiger charge is -2.38. The van der Waals surface area contributed by atoms with Crippen molar-refractivity contribution >= 4 is 5.71 Å². The predicted molar refractivity (Wildman–Crippen MR) is 113 cm³/mol. The molecule has 2 aliphatic heterocycles. The average Bonchev–Trinajstić information content (AvgIpc) is 3.24. The Bertz CT molecular complexity index is 1110. The maximum Gasteiger partial charge on any atom is 0.214 e. The number of nitrogens with zero attached hydrogens (tertiary/aromatic N) is 2. The monoisotopic (exact) mass is 402 g/mol. The van der Waals surface area contributed by atoms with E-state index in [-0.39, 0.29) is 11.8 Å². The summed E-state index contributed by atoms with van der Waals surface area (Å²) < 4.78 is 17.3. The largest absolute Gasteiger partial charge is 0.507 e. The van der Waals surface area contributed by atoms with Gasteiger partial charge in [0.25, 0.3) is 0 Å². The molecular weight excluding hydrogens is 380 g/mol. The number of methoxy groups -OCH3 is 2. The number of hydrogen-bond donors (Lipinski definition) is 1. The second-order valence-electron chi connectivity index (χ2n) is 7.29. The van der Waals surface area contributed by atoms with Crippen LogP contribution in [-0.4, -0.2) is 30.0 Å². The van der Waals surface area contributed by atoms with E-state index in [0.29, 0.717) is 12.2 Å². The summed E-state index contributed by atoms with van der Waals surface area (Å²) in [7, 11) is 3.29. The van der Waals surface area contributed by atoms with Gasteiger partial charge in [0.2, 0.25) is 6.23 Å². The number of ether oxygens (including phenoxy) is 3. The summed E-state index contributed by atoms with van der Waals surface area (Å²) in [4.78, 5) is 0. The Labute approximate surface area is 174 Å². The van der Waals surface area contributed by atoms with Gasteiger partial charge in [-0.3, -0.25) is 0 Å². The van der Waals surface area contributed by atoms with Gasteiger partial charge in [0.1, 0.15) is 11.5 Å². The fourth-order valence-corrected chi connectivity index (χ4v) is 4.11. The van der Waals surface area contributed by atoms with Crippen molar-refractivity contribution in [2.75, 3.05) is 14.2 Å². The van der Waals surface area contributed by atoms with Gasteiger partial charge >= 0.3 is 0 Å². The van der Waals surface area contributed by atoms with E-state index in [1.54, 1.807) is 20.3 Å². The molecule has 0 fully saturated rings. The van der Waals surface area contributed by atoms with E-state index in [1.807, 2.05) is 65.7 Å². The highest BCUT2D eigenvalue weighted by Gasteiger charge is 2.42. The van der Waals surface area contributed by atoms with Crippen molar-refractivity contribution in [2.24, 2.45) is 5.10 Å². The van der Waals surface area contributed by atoms with Crippen LogP contribution in [0.2, 0.25) is 0 Å². The van der Waals surface area contributed by atoms with Gasteiger partial charge in [-0.25, -0.2) is 5.01 Å². The molecule has 0 amide bonds. The molecule has 0 aromatic heterocycles. The van der Waals surface area contributed by atoms with Crippen LogP contribution < -0.4 is 14.2 Å². The lowest BCUT2D eigenvalue weighted by atomic mass is 9.95. The smallest absolute Gasteiger partial charge is 0.214 e. The summed E-state index contributed by atoms with van der Waals surface area (Å²) in [6, 6.07) is 21.0. The minimum absolute atomic E-state index is 0.0226. The van der Waals surface area contributed by atoms with E-state index in [9.17, 15) is 5.11 Å². The first-order valence-electron chi connectivity index (χ1n) is 9.81. The molecule has 2 heterocycles. The molecule has 5 rings (SSSR count). The Balaban J connectivity index is 1.62. The number of rotatable bonds is 4. The van der Waals surface area contributed by atoms with Crippen LogP contribution in [0.3, 0.4) is 0 Å². The molecule has 3 aromatic carbocycles. The van der Waals surface area contributed by atoms with Crippen LogP contribution >= 0.6 is 0 Å². The first-order chi connectivity index (χ1) is 14.7. The van der Waals surface area contributed by atoms with Crippen molar-refractivity contribution in [2.45, 2.75) is 18.7 Å². The fraction of sp³-hybridized carbons (Fsp3) is 0.208. The highest BCUT2D eigenvalue weighted by atomic mass is 16.5. The van der Waals surface area contributed by atoms with E-state index in [0.717, 1.165) is 33.9 Å². The molecule has 0 bridgehead atoms. The van der Waals surface area contributed by atoms with Gasteiger partial charge in [-0.2, -0.15) is 5.10 Å². The SMILES string of the molecule is COc1ccc([C@@H]2Oc3c(OC)cccc3[C@H]3CC(c4ccccc4O)=NN32)cc1. The summed E-state index contributed by atoms with van der Waals surface area (Å²) >= 11 is 0. The highest BCUT2D eigenvalue weighted by Crippen LogP contribution is 2.51. The third kappa shape index (κ3) is 2.92. The van der Waals surface area contributed by atoms with Gasteiger partial charge in [0.15, 0.2) is 11.5 Å². The lowest BCUT2D eigenvalue weighted by Crippen LogP contribution is -2.33. The van der Waals surface area contributed by atoms with Gasteiger partial charge in [-0.15, -0.1) is 0 Å². The summed E-state index contributed by atoms with van der Waals surface area (Å²) in [6.45, 7) is 0. The van der Waals surface area contributed by atoms with Crippen LogP contribution in [0.15, 0.2) is 71.8 Å². The standard InChI is InChI=1S/C24H22N2O4/c1-28-16-12-10-15(11-13-16)24-26-20(18-7-5-9-22(29-2)23(18)30-24)14-19(25-26)17-6-3-4-8-21(17)27/h3-13,20,24,27H,14H2,1-2H3/t20-,24+/m1/s1. The zero-order valence-electron chi connectivity index (χ0n) is 16.8. The summed E-state index contributed by atoms with van der Waals surface area (Å²) in [6.07, 6.45) is 0.237. The van der Waals surface area contributed by atoms with Crippen LogP contribution in [0.4, 0.5) is 0 Å². The molecule has 0 radical (unpaired) electrons. The number of hydrazone groups is 1. The molecule has 0 saturated carbocycles. The number of aromatic hydroxyl groups is 1. The first kappa shape index (κ1) is 18.4.